The van der Waals surface area contributed by atoms with Crippen LogP contribution in [0, 0.1) is 0 Å². The number of fused-ring (bicyclic) bond motifs is 1. The van der Waals surface area contributed by atoms with Crippen molar-refractivity contribution in [3.8, 4) is 0 Å². The van der Waals surface area contributed by atoms with Crippen LogP contribution in [0.2, 0.25) is 0 Å². The zero-order valence-corrected chi connectivity index (χ0v) is 24.9. The molecule has 3 aromatic heterocycles. The Morgan fingerprint density at radius 1 is 1.00 bits per heavy atom. The predicted octanol–water partition coefficient (Wildman–Crippen LogP) is -7.28. The molecule has 0 saturated carbocycles. The van der Waals surface area contributed by atoms with E-state index in [9.17, 15) is 44.1 Å². The standard InChI is InChI=1S/C21H27N7O14P2.Li/c22-17-12-19(25-7-24-17)28(8-26-12)21-16(32)14(30)11(41-21)6-39-44(36,37)42-43(34,35)38-5-10-13(29)15(31)20(40-10)27-3-1-2-9(4-27)18(23)33;/h1-4,7-8,10-11,13-16,20-21,29-32H,5-6H2,(H5-,22,23,24,25,33,34,35,36,37);/q;+1/p-1. The van der Waals surface area contributed by atoms with Crippen molar-refractivity contribution in [2.24, 2.45) is 5.73 Å². The normalized spacial score (nSPS) is 30.9. The minimum atomic E-state index is -5.68. The van der Waals surface area contributed by atoms with Gasteiger partial charge in [-0.1, -0.05) is 0 Å². The third-order valence-corrected chi connectivity index (χ3v) is 9.26. The molecule has 10 unspecified atom stereocenters. The number of anilines is 1. The van der Waals surface area contributed by atoms with E-state index in [0.717, 1.165) is 6.33 Å². The van der Waals surface area contributed by atoms with Gasteiger partial charge in [0.15, 0.2) is 36.2 Å². The molecule has 21 nitrogen and oxygen atoms in total. The zero-order valence-electron chi connectivity index (χ0n) is 23.2. The summed E-state index contributed by atoms with van der Waals surface area (Å²) in [5.41, 5.74) is 11.3. The van der Waals surface area contributed by atoms with Gasteiger partial charge >= 0.3 is 18.9 Å². The van der Waals surface area contributed by atoms with Gasteiger partial charge in [-0.25, -0.2) is 19.3 Å². The molecule has 5 heterocycles. The third kappa shape index (κ3) is 7.60. The summed E-state index contributed by atoms with van der Waals surface area (Å²) in [4.78, 5) is 47.8. The molecule has 0 radical (unpaired) electrons. The molecule has 0 aliphatic carbocycles. The number of phosphoric acid groups is 2. The number of hydrogen-bond acceptors (Lipinski definition) is 18. The van der Waals surface area contributed by atoms with Crippen LogP contribution in [0.4, 0.5) is 5.82 Å². The first kappa shape index (κ1) is 35.4. The van der Waals surface area contributed by atoms with E-state index in [1.54, 1.807) is 0 Å². The number of phosphoric ester groups is 2. The zero-order chi connectivity index (χ0) is 32.0. The number of rotatable bonds is 11. The summed E-state index contributed by atoms with van der Waals surface area (Å²) in [5, 5.41) is 41.5. The number of aliphatic hydroxyl groups is 4. The van der Waals surface area contributed by atoms with E-state index in [1.807, 2.05) is 0 Å². The molecular formula is C21H26LiN7O14P2. The van der Waals surface area contributed by atoms with Crippen molar-refractivity contribution in [3.63, 3.8) is 0 Å². The van der Waals surface area contributed by atoms with Gasteiger partial charge in [0.2, 0.25) is 0 Å². The number of nitrogens with zero attached hydrogens (tertiary/aromatic N) is 5. The molecule has 45 heavy (non-hydrogen) atoms. The number of carbonyl (C=O) groups excluding carboxylic acids is 1. The van der Waals surface area contributed by atoms with Crippen LogP contribution < -0.4 is 44.7 Å². The Hall–Kier alpha value is -2.41. The number of aliphatic hydroxyl groups excluding tert-OH is 4. The van der Waals surface area contributed by atoms with Gasteiger partial charge in [-0.3, -0.25) is 18.5 Å². The number of nitrogen functional groups attached to an aromatic ring is 1. The fourth-order valence-corrected chi connectivity index (χ4v) is 6.58. The van der Waals surface area contributed by atoms with Crippen molar-refractivity contribution in [1.82, 2.24) is 19.5 Å². The van der Waals surface area contributed by atoms with Crippen molar-refractivity contribution in [2.75, 3.05) is 18.9 Å². The molecular weight excluding hydrogens is 643 g/mol. The maximum absolute atomic E-state index is 12.3. The van der Waals surface area contributed by atoms with Gasteiger partial charge in [-0.15, -0.1) is 0 Å². The van der Waals surface area contributed by atoms with E-state index in [0.29, 0.717) is 0 Å². The van der Waals surface area contributed by atoms with Crippen LogP contribution in [-0.2, 0) is 32.0 Å². The first-order valence-corrected chi connectivity index (χ1v) is 15.5. The molecule has 2 aliphatic rings. The van der Waals surface area contributed by atoms with E-state index >= 15 is 0 Å². The number of hydrogen-bond donors (Lipinski definition) is 6. The summed E-state index contributed by atoms with van der Waals surface area (Å²) in [6.45, 7) is -1.98. The van der Waals surface area contributed by atoms with Crippen molar-refractivity contribution >= 4 is 38.5 Å². The Balaban J connectivity index is 0.00000461. The van der Waals surface area contributed by atoms with Crippen molar-refractivity contribution in [1.29, 1.82) is 0 Å². The van der Waals surface area contributed by atoms with Crippen LogP contribution >= 0.6 is 15.6 Å². The van der Waals surface area contributed by atoms with Gasteiger partial charge in [0.1, 0.15) is 47.9 Å². The summed E-state index contributed by atoms with van der Waals surface area (Å²) in [7, 11) is -11.4. The van der Waals surface area contributed by atoms with Crippen LogP contribution in [0.3, 0.4) is 0 Å². The van der Waals surface area contributed by atoms with E-state index in [2.05, 4.69) is 28.3 Å². The number of aromatic nitrogens is 5. The number of imidazole rings is 1. The second kappa shape index (κ2) is 13.7. The van der Waals surface area contributed by atoms with E-state index < -0.39 is 83.8 Å². The van der Waals surface area contributed by atoms with E-state index in [1.165, 1.54) is 40.0 Å². The minimum Gasteiger partial charge on any atom is -0.756 e. The van der Waals surface area contributed by atoms with Crippen molar-refractivity contribution < 1.29 is 90.4 Å². The fraction of sp³-hybridized carbons (Fsp3) is 0.476. The van der Waals surface area contributed by atoms with E-state index in [4.69, 9.17) is 20.9 Å². The Labute approximate surface area is 264 Å². The Morgan fingerprint density at radius 3 is 2.27 bits per heavy atom. The summed E-state index contributed by atoms with van der Waals surface area (Å²) >= 11 is 0. The fourth-order valence-electron chi connectivity index (χ4n) is 4.56. The molecule has 0 aromatic carbocycles. The Morgan fingerprint density at radius 2 is 1.62 bits per heavy atom. The van der Waals surface area contributed by atoms with Crippen LogP contribution in [-0.4, -0.2) is 95.7 Å². The molecule has 3 aromatic rings. The maximum atomic E-state index is 12.3. The van der Waals surface area contributed by atoms with E-state index in [-0.39, 0.29) is 41.4 Å². The van der Waals surface area contributed by atoms with Crippen molar-refractivity contribution in [2.45, 2.75) is 49.1 Å². The van der Waals surface area contributed by atoms with Gasteiger partial charge < -0.3 is 60.2 Å². The second-order valence-corrected chi connectivity index (χ2v) is 12.6. The maximum Gasteiger partial charge on any atom is 1.00 e. The minimum absolute atomic E-state index is 0. The summed E-state index contributed by atoms with van der Waals surface area (Å²) < 4.78 is 51.1. The monoisotopic (exact) mass is 669 g/mol. The number of primary amides is 1. The quantitative estimate of drug-likeness (QED) is 0.0627. The molecule has 240 valence electrons. The third-order valence-electron chi connectivity index (χ3n) is 6.73. The van der Waals surface area contributed by atoms with Gasteiger partial charge in [-0.05, 0) is 6.07 Å². The van der Waals surface area contributed by atoms with Gasteiger partial charge in [0.05, 0.1) is 19.5 Å². The average Bonchev–Trinajstić information content (AvgIpc) is 3.61. The second-order valence-electron chi connectivity index (χ2n) is 9.65. The van der Waals surface area contributed by atoms with Crippen LogP contribution in [0.25, 0.3) is 11.2 Å². The Kier molecular flexibility index (Phi) is 10.8. The first-order chi connectivity index (χ1) is 20.7. The number of nitrogens with two attached hydrogens (primary N) is 2. The molecule has 2 saturated heterocycles. The van der Waals surface area contributed by atoms with Crippen LogP contribution in [0.1, 0.15) is 22.8 Å². The molecule has 8 N–H and O–H groups in total. The number of pyridine rings is 1. The predicted molar refractivity (Wildman–Crippen MR) is 135 cm³/mol. The molecule has 2 fully saturated rings. The van der Waals surface area contributed by atoms with Crippen molar-refractivity contribution in [3.05, 3.63) is 42.7 Å². The van der Waals surface area contributed by atoms with Gasteiger partial charge in [0, 0.05) is 6.07 Å². The van der Waals surface area contributed by atoms with Crippen LogP contribution in [0.5, 0.6) is 0 Å². The largest absolute Gasteiger partial charge is 1.00 e. The summed E-state index contributed by atoms with van der Waals surface area (Å²) in [6, 6.07) is 2.80. The van der Waals surface area contributed by atoms with Gasteiger partial charge in [0.25, 0.3) is 27.8 Å². The smallest absolute Gasteiger partial charge is 0.756 e. The number of ether oxygens (including phenoxy) is 2. The molecule has 5 rings (SSSR count). The number of amides is 1. The summed E-state index contributed by atoms with van der Waals surface area (Å²) in [6.07, 6.45) is -7.26. The summed E-state index contributed by atoms with van der Waals surface area (Å²) in [5.74, 6) is -0.743. The molecule has 24 heteroatoms. The molecule has 0 bridgehead atoms. The molecule has 2 aliphatic heterocycles. The molecule has 0 spiro atoms. The number of carbonyl (C=O) groups is 1. The Bertz CT molecular complexity index is 1640. The first-order valence-electron chi connectivity index (χ1n) is 12.6. The SMILES string of the molecule is NC(=O)c1ccc[n+](C2OC(COP(=O)([O-])OP(=O)([O-])OCC3OC(n4cnc5c(N)ncnc54)C(O)C3O)C(O)C2O)c1.[Li+]. The molecule has 10 atom stereocenters. The average molecular weight is 669 g/mol. The molecule has 1 amide bonds. The topological polar surface area (TPSA) is 324 Å². The van der Waals surface area contributed by atoms with Gasteiger partial charge in [-0.2, -0.15) is 4.57 Å². The van der Waals surface area contributed by atoms with Crippen LogP contribution in [0.15, 0.2) is 37.2 Å².